The molecule has 2 atom stereocenters. The van der Waals surface area contributed by atoms with Crippen LogP contribution in [0.4, 0.5) is 4.39 Å². The van der Waals surface area contributed by atoms with Gasteiger partial charge >= 0.3 is 0 Å². The molecule has 1 aromatic rings. The number of hydrogen-bond donors (Lipinski definition) is 1. The molecular formula is C16H25FO2. The van der Waals surface area contributed by atoms with E-state index in [4.69, 9.17) is 4.74 Å². The molecule has 1 rings (SSSR count). The van der Waals surface area contributed by atoms with Gasteiger partial charge < -0.3 is 9.84 Å². The van der Waals surface area contributed by atoms with E-state index in [1.807, 2.05) is 0 Å². The van der Waals surface area contributed by atoms with Crippen LogP contribution in [0, 0.1) is 11.7 Å². The van der Waals surface area contributed by atoms with Crippen LogP contribution >= 0.6 is 0 Å². The zero-order valence-corrected chi connectivity index (χ0v) is 11.9. The van der Waals surface area contributed by atoms with Gasteiger partial charge in [-0.05, 0) is 30.9 Å². The summed E-state index contributed by atoms with van der Waals surface area (Å²) in [6.45, 7) is 10.4. The predicted octanol–water partition coefficient (Wildman–Crippen LogP) is 4.19. The van der Waals surface area contributed by atoms with Crippen LogP contribution in [0.25, 0.3) is 0 Å². The summed E-state index contributed by atoms with van der Waals surface area (Å²) in [7, 11) is 0. The van der Waals surface area contributed by atoms with E-state index >= 15 is 0 Å². The monoisotopic (exact) mass is 268 g/mol. The predicted molar refractivity (Wildman–Crippen MR) is 77.8 cm³/mol. The highest BCUT2D eigenvalue weighted by molar-refractivity contribution is 5.23. The lowest BCUT2D eigenvalue weighted by Gasteiger charge is -2.14. The van der Waals surface area contributed by atoms with E-state index in [9.17, 15) is 9.50 Å². The van der Waals surface area contributed by atoms with Crippen LogP contribution in [0.1, 0.15) is 33.1 Å². The summed E-state index contributed by atoms with van der Waals surface area (Å²) in [4.78, 5) is 0. The standard InChI is InChI=1S/C14H21FO2.C2H4/c1-3-11(2)8-9-12(16)10-17-14-7-5-4-6-13(14)15;1-2/h4-7,11-12,16H,3,8-10H2,1-2H3;1-2H2/t11?,12-;/m1./s1. The summed E-state index contributed by atoms with van der Waals surface area (Å²) in [5, 5.41) is 9.70. The van der Waals surface area contributed by atoms with Crippen molar-refractivity contribution < 1.29 is 14.2 Å². The first-order valence-electron chi connectivity index (χ1n) is 6.68. The van der Waals surface area contributed by atoms with Gasteiger partial charge in [-0.2, -0.15) is 0 Å². The molecule has 0 spiro atoms. The Morgan fingerprint density at radius 1 is 1.26 bits per heavy atom. The fourth-order valence-corrected chi connectivity index (χ4v) is 1.51. The molecule has 0 saturated heterocycles. The topological polar surface area (TPSA) is 29.5 Å². The lowest BCUT2D eigenvalue weighted by atomic mass is 10.0. The number of aliphatic hydroxyl groups excluding tert-OH is 1. The smallest absolute Gasteiger partial charge is 0.165 e. The maximum absolute atomic E-state index is 13.2. The zero-order chi connectivity index (χ0) is 14.7. The molecule has 0 bridgehead atoms. The van der Waals surface area contributed by atoms with Gasteiger partial charge in [-0.25, -0.2) is 4.39 Å². The molecule has 19 heavy (non-hydrogen) atoms. The van der Waals surface area contributed by atoms with Crippen LogP contribution in [0.15, 0.2) is 37.4 Å². The number of benzene rings is 1. The number of hydrogen-bond acceptors (Lipinski definition) is 2. The van der Waals surface area contributed by atoms with Crippen molar-refractivity contribution in [1.29, 1.82) is 0 Å². The van der Waals surface area contributed by atoms with Crippen LogP contribution in [0.2, 0.25) is 0 Å². The Bertz CT molecular complexity index is 341. The van der Waals surface area contributed by atoms with Crippen molar-refractivity contribution in [2.75, 3.05) is 6.61 Å². The van der Waals surface area contributed by atoms with E-state index in [1.165, 1.54) is 6.07 Å². The van der Waals surface area contributed by atoms with Crippen molar-refractivity contribution in [3.8, 4) is 5.75 Å². The SMILES string of the molecule is C=C.CCC(C)CC[C@@H](O)COc1ccccc1F. The molecule has 0 fully saturated rings. The van der Waals surface area contributed by atoms with Crippen LogP contribution < -0.4 is 4.74 Å². The van der Waals surface area contributed by atoms with Crippen LogP contribution in [-0.4, -0.2) is 17.8 Å². The molecule has 0 aliphatic rings. The Hall–Kier alpha value is -1.35. The minimum absolute atomic E-state index is 0.150. The van der Waals surface area contributed by atoms with Crippen LogP contribution in [0.3, 0.4) is 0 Å². The Morgan fingerprint density at radius 3 is 2.47 bits per heavy atom. The van der Waals surface area contributed by atoms with Crippen molar-refractivity contribution in [2.24, 2.45) is 5.92 Å². The van der Waals surface area contributed by atoms with Crippen LogP contribution in [0.5, 0.6) is 5.75 Å². The van der Waals surface area contributed by atoms with Gasteiger partial charge in [0.15, 0.2) is 11.6 Å². The first-order valence-corrected chi connectivity index (χ1v) is 6.68. The van der Waals surface area contributed by atoms with Gasteiger partial charge in [0.05, 0.1) is 6.10 Å². The summed E-state index contributed by atoms with van der Waals surface area (Å²) in [5.41, 5.74) is 0. The Balaban J connectivity index is 0.00000154. The van der Waals surface area contributed by atoms with Gasteiger partial charge in [-0.1, -0.05) is 32.4 Å². The highest BCUT2D eigenvalue weighted by Crippen LogP contribution is 2.17. The summed E-state index contributed by atoms with van der Waals surface area (Å²) in [6, 6.07) is 6.24. The molecule has 0 radical (unpaired) electrons. The third-order valence-corrected chi connectivity index (χ3v) is 2.96. The minimum atomic E-state index is -0.524. The second-order valence-electron chi connectivity index (χ2n) is 4.49. The molecule has 0 aromatic heterocycles. The van der Waals surface area contributed by atoms with E-state index < -0.39 is 6.10 Å². The normalized spacial score (nSPS) is 13.1. The number of aliphatic hydroxyl groups is 1. The van der Waals surface area contributed by atoms with Crippen LogP contribution in [-0.2, 0) is 0 Å². The molecule has 0 heterocycles. The van der Waals surface area contributed by atoms with E-state index in [0.29, 0.717) is 12.3 Å². The van der Waals surface area contributed by atoms with Crippen molar-refractivity contribution in [2.45, 2.75) is 39.2 Å². The molecule has 0 amide bonds. The summed E-state index contributed by atoms with van der Waals surface area (Å²) >= 11 is 0. The highest BCUT2D eigenvalue weighted by Gasteiger charge is 2.09. The molecule has 1 aromatic carbocycles. The van der Waals surface area contributed by atoms with Gasteiger partial charge in [0, 0.05) is 0 Å². The molecule has 1 unspecified atom stereocenters. The number of ether oxygens (including phenoxy) is 1. The molecule has 0 aliphatic carbocycles. The molecule has 108 valence electrons. The number of para-hydroxylation sites is 1. The van der Waals surface area contributed by atoms with Crippen molar-refractivity contribution in [1.82, 2.24) is 0 Å². The first-order chi connectivity index (χ1) is 9.13. The maximum Gasteiger partial charge on any atom is 0.165 e. The van der Waals surface area contributed by atoms with Gasteiger partial charge in [0.1, 0.15) is 6.61 Å². The fourth-order valence-electron chi connectivity index (χ4n) is 1.51. The van der Waals surface area contributed by atoms with Crippen molar-refractivity contribution in [3.05, 3.63) is 43.2 Å². The number of halogens is 1. The van der Waals surface area contributed by atoms with Gasteiger partial charge in [-0.3, -0.25) is 0 Å². The van der Waals surface area contributed by atoms with E-state index in [0.717, 1.165) is 12.8 Å². The zero-order valence-electron chi connectivity index (χ0n) is 11.9. The van der Waals surface area contributed by atoms with E-state index in [-0.39, 0.29) is 18.2 Å². The molecule has 3 heteroatoms. The Morgan fingerprint density at radius 2 is 1.89 bits per heavy atom. The number of rotatable bonds is 7. The molecule has 0 saturated carbocycles. The highest BCUT2D eigenvalue weighted by atomic mass is 19.1. The van der Waals surface area contributed by atoms with Gasteiger partial charge in [-0.15, -0.1) is 13.2 Å². The molecule has 1 N–H and O–H groups in total. The molecule has 2 nitrogen and oxygen atoms in total. The largest absolute Gasteiger partial charge is 0.488 e. The lowest BCUT2D eigenvalue weighted by molar-refractivity contribution is 0.0922. The van der Waals surface area contributed by atoms with E-state index in [2.05, 4.69) is 27.0 Å². The van der Waals surface area contributed by atoms with Crippen molar-refractivity contribution in [3.63, 3.8) is 0 Å². The third-order valence-electron chi connectivity index (χ3n) is 2.96. The van der Waals surface area contributed by atoms with E-state index in [1.54, 1.807) is 18.2 Å². The quantitative estimate of drug-likeness (QED) is 0.751. The maximum atomic E-state index is 13.2. The van der Waals surface area contributed by atoms with Crippen molar-refractivity contribution >= 4 is 0 Å². The van der Waals surface area contributed by atoms with Gasteiger partial charge in [0.2, 0.25) is 0 Å². The van der Waals surface area contributed by atoms with Gasteiger partial charge in [0.25, 0.3) is 0 Å². The lowest BCUT2D eigenvalue weighted by Crippen LogP contribution is -2.18. The summed E-state index contributed by atoms with van der Waals surface area (Å²) in [5.74, 6) is 0.426. The average Bonchev–Trinajstić information content (AvgIpc) is 2.46. The summed E-state index contributed by atoms with van der Waals surface area (Å²) < 4.78 is 18.4. The molecular weight excluding hydrogens is 243 g/mol. The molecule has 0 aliphatic heterocycles. The second-order valence-corrected chi connectivity index (χ2v) is 4.49. The fraction of sp³-hybridized carbons (Fsp3) is 0.500. The first kappa shape index (κ1) is 17.6. The Kier molecular flexibility index (Phi) is 9.81. The third kappa shape index (κ3) is 7.62. The average molecular weight is 268 g/mol. The summed E-state index contributed by atoms with van der Waals surface area (Å²) in [6.07, 6.45) is 2.26. The minimum Gasteiger partial charge on any atom is -0.488 e. The Labute approximate surface area is 115 Å². The second kappa shape index (κ2) is 10.6.